The number of urea groups is 1. The van der Waals surface area contributed by atoms with Gasteiger partial charge in [0.2, 0.25) is 0 Å². The molecule has 2 amide bonds. The monoisotopic (exact) mass is 271 g/mol. The van der Waals surface area contributed by atoms with Crippen molar-refractivity contribution in [1.82, 2.24) is 15.6 Å². The molecule has 7 heteroatoms. The maximum absolute atomic E-state index is 11.4. The third kappa shape index (κ3) is 5.13. The molecular weight excluding hydrogens is 254 g/mol. The molecule has 0 aliphatic heterocycles. The van der Waals surface area contributed by atoms with Crippen molar-refractivity contribution in [1.29, 1.82) is 0 Å². The Bertz CT molecular complexity index is 381. The molecule has 1 aromatic rings. The number of thiazole rings is 1. The summed E-state index contributed by atoms with van der Waals surface area (Å²) in [4.78, 5) is 26.2. The van der Waals surface area contributed by atoms with Crippen molar-refractivity contribution >= 4 is 23.3 Å². The summed E-state index contributed by atoms with van der Waals surface area (Å²) < 4.78 is 0. The molecule has 1 rings (SSSR count). The zero-order valence-electron chi connectivity index (χ0n) is 10.2. The molecule has 6 nitrogen and oxygen atoms in total. The lowest BCUT2D eigenvalue weighted by molar-refractivity contribution is -0.141. The van der Waals surface area contributed by atoms with Crippen LogP contribution >= 0.6 is 11.3 Å². The van der Waals surface area contributed by atoms with Crippen molar-refractivity contribution < 1.29 is 14.7 Å². The van der Waals surface area contributed by atoms with Crippen LogP contribution in [-0.4, -0.2) is 35.2 Å². The van der Waals surface area contributed by atoms with Gasteiger partial charge in [-0.05, 0) is 6.42 Å². The molecule has 0 fully saturated rings. The van der Waals surface area contributed by atoms with E-state index < -0.39 is 11.9 Å². The number of rotatable bonds is 7. The van der Waals surface area contributed by atoms with E-state index in [-0.39, 0.29) is 12.6 Å². The Hall–Kier alpha value is -1.63. The molecule has 0 saturated carbocycles. The van der Waals surface area contributed by atoms with E-state index in [1.807, 2.05) is 5.38 Å². The lowest BCUT2D eigenvalue weighted by Gasteiger charge is -2.11. The molecule has 0 aromatic carbocycles. The molecule has 100 valence electrons. The Balaban J connectivity index is 2.15. The number of carboxylic acids is 1. The maximum Gasteiger partial charge on any atom is 0.314 e. The third-order valence-corrected chi connectivity index (χ3v) is 3.14. The lowest BCUT2D eigenvalue weighted by atomic mass is 10.1. The van der Waals surface area contributed by atoms with Gasteiger partial charge in [0.15, 0.2) is 0 Å². The van der Waals surface area contributed by atoms with Gasteiger partial charge in [-0.1, -0.05) is 6.92 Å². The zero-order valence-corrected chi connectivity index (χ0v) is 11.0. The van der Waals surface area contributed by atoms with Crippen molar-refractivity contribution in [3.8, 4) is 0 Å². The van der Waals surface area contributed by atoms with Crippen LogP contribution in [-0.2, 0) is 11.2 Å². The number of aromatic nitrogens is 1. The SMILES string of the molecule is CCC(CNC(=O)NCCc1cscn1)C(=O)O. The molecule has 0 radical (unpaired) electrons. The smallest absolute Gasteiger partial charge is 0.314 e. The van der Waals surface area contributed by atoms with Crippen LogP contribution in [0.3, 0.4) is 0 Å². The molecular formula is C11H17N3O3S. The predicted molar refractivity (Wildman–Crippen MR) is 68.6 cm³/mol. The van der Waals surface area contributed by atoms with Crippen LogP contribution in [0, 0.1) is 5.92 Å². The average molecular weight is 271 g/mol. The van der Waals surface area contributed by atoms with Crippen molar-refractivity contribution in [3.63, 3.8) is 0 Å². The number of carbonyl (C=O) groups is 2. The number of nitrogens with one attached hydrogen (secondary N) is 2. The fraction of sp³-hybridized carbons (Fsp3) is 0.545. The van der Waals surface area contributed by atoms with Gasteiger partial charge in [0.05, 0.1) is 17.1 Å². The summed E-state index contributed by atoms with van der Waals surface area (Å²) in [6, 6.07) is -0.343. The van der Waals surface area contributed by atoms with Crippen LogP contribution in [0.1, 0.15) is 19.0 Å². The van der Waals surface area contributed by atoms with Crippen molar-refractivity contribution in [2.75, 3.05) is 13.1 Å². The summed E-state index contributed by atoms with van der Waals surface area (Å²) in [5.74, 6) is -1.42. The zero-order chi connectivity index (χ0) is 13.4. The highest BCUT2D eigenvalue weighted by molar-refractivity contribution is 7.07. The topological polar surface area (TPSA) is 91.3 Å². The van der Waals surface area contributed by atoms with Gasteiger partial charge < -0.3 is 15.7 Å². The summed E-state index contributed by atoms with van der Waals surface area (Å²) in [7, 11) is 0. The summed E-state index contributed by atoms with van der Waals surface area (Å²) in [5, 5.41) is 15.9. The lowest BCUT2D eigenvalue weighted by Crippen LogP contribution is -2.40. The molecule has 1 heterocycles. The first-order chi connectivity index (χ1) is 8.63. The Morgan fingerprint density at radius 2 is 2.28 bits per heavy atom. The maximum atomic E-state index is 11.4. The number of hydrogen-bond donors (Lipinski definition) is 3. The molecule has 0 aliphatic carbocycles. The highest BCUT2D eigenvalue weighted by Crippen LogP contribution is 2.01. The molecule has 1 atom stereocenters. The molecule has 0 bridgehead atoms. The van der Waals surface area contributed by atoms with Crippen LogP contribution in [0.15, 0.2) is 10.9 Å². The number of aliphatic carboxylic acids is 1. The largest absolute Gasteiger partial charge is 0.481 e. The molecule has 0 aliphatic rings. The number of carbonyl (C=O) groups excluding carboxylic acids is 1. The van der Waals surface area contributed by atoms with E-state index in [9.17, 15) is 9.59 Å². The summed E-state index contributed by atoms with van der Waals surface area (Å²) in [5.41, 5.74) is 2.69. The Morgan fingerprint density at radius 3 is 2.83 bits per heavy atom. The number of amides is 2. The van der Waals surface area contributed by atoms with Crippen LogP contribution in [0.2, 0.25) is 0 Å². The van der Waals surface area contributed by atoms with Gasteiger partial charge in [-0.15, -0.1) is 11.3 Å². The number of carboxylic acid groups (broad SMARTS) is 1. The average Bonchev–Trinajstić information content (AvgIpc) is 2.82. The van der Waals surface area contributed by atoms with E-state index in [1.165, 1.54) is 11.3 Å². The second-order valence-electron chi connectivity index (χ2n) is 3.81. The van der Waals surface area contributed by atoms with Crippen LogP contribution in [0.4, 0.5) is 4.79 Å². The molecule has 18 heavy (non-hydrogen) atoms. The van der Waals surface area contributed by atoms with E-state index in [2.05, 4.69) is 15.6 Å². The van der Waals surface area contributed by atoms with E-state index in [0.717, 1.165) is 5.69 Å². The Morgan fingerprint density at radius 1 is 1.50 bits per heavy atom. The van der Waals surface area contributed by atoms with Crippen molar-refractivity contribution in [3.05, 3.63) is 16.6 Å². The number of nitrogens with zero attached hydrogens (tertiary/aromatic N) is 1. The van der Waals surface area contributed by atoms with Gasteiger partial charge in [0.25, 0.3) is 0 Å². The van der Waals surface area contributed by atoms with Gasteiger partial charge in [0.1, 0.15) is 0 Å². The van der Waals surface area contributed by atoms with Gasteiger partial charge in [-0.2, -0.15) is 0 Å². The third-order valence-electron chi connectivity index (χ3n) is 2.50. The van der Waals surface area contributed by atoms with Gasteiger partial charge >= 0.3 is 12.0 Å². The summed E-state index contributed by atoms with van der Waals surface area (Å²) in [6.07, 6.45) is 1.17. The molecule has 0 spiro atoms. The second-order valence-corrected chi connectivity index (χ2v) is 4.53. The molecule has 0 saturated heterocycles. The second kappa shape index (κ2) is 7.65. The number of hydrogen-bond acceptors (Lipinski definition) is 4. The van der Waals surface area contributed by atoms with Gasteiger partial charge in [0, 0.05) is 24.9 Å². The van der Waals surface area contributed by atoms with Crippen molar-refractivity contribution in [2.24, 2.45) is 5.92 Å². The summed E-state index contributed by atoms with van der Waals surface area (Å²) in [6.45, 7) is 2.41. The Labute approximate surface area is 109 Å². The van der Waals surface area contributed by atoms with Crippen molar-refractivity contribution in [2.45, 2.75) is 19.8 Å². The van der Waals surface area contributed by atoms with Crippen LogP contribution < -0.4 is 10.6 Å². The Kier molecular flexibility index (Phi) is 6.13. The fourth-order valence-electron chi connectivity index (χ4n) is 1.35. The minimum Gasteiger partial charge on any atom is -0.481 e. The van der Waals surface area contributed by atoms with E-state index in [4.69, 9.17) is 5.11 Å². The predicted octanol–water partition coefficient (Wildman–Crippen LogP) is 1.10. The normalized spacial score (nSPS) is 11.8. The van der Waals surface area contributed by atoms with Crippen LogP contribution in [0.25, 0.3) is 0 Å². The molecule has 1 aromatic heterocycles. The first-order valence-electron chi connectivity index (χ1n) is 5.75. The molecule has 3 N–H and O–H groups in total. The highest BCUT2D eigenvalue weighted by atomic mass is 32.1. The first-order valence-corrected chi connectivity index (χ1v) is 6.69. The van der Waals surface area contributed by atoms with E-state index >= 15 is 0 Å². The standard InChI is InChI=1S/C11H17N3O3S/c1-2-8(10(15)16)5-13-11(17)12-4-3-9-6-18-7-14-9/h6-8H,2-5H2,1H3,(H,15,16)(H2,12,13,17). The van der Waals surface area contributed by atoms with Gasteiger partial charge in [-0.25, -0.2) is 9.78 Å². The minimum atomic E-state index is -0.889. The fourth-order valence-corrected chi connectivity index (χ4v) is 1.94. The first kappa shape index (κ1) is 14.4. The van der Waals surface area contributed by atoms with E-state index in [0.29, 0.717) is 19.4 Å². The summed E-state index contributed by atoms with van der Waals surface area (Å²) >= 11 is 1.51. The minimum absolute atomic E-state index is 0.147. The molecule has 1 unspecified atom stereocenters. The van der Waals surface area contributed by atoms with Crippen LogP contribution in [0.5, 0.6) is 0 Å². The van der Waals surface area contributed by atoms with Gasteiger partial charge in [-0.3, -0.25) is 4.79 Å². The quantitative estimate of drug-likeness (QED) is 0.692. The van der Waals surface area contributed by atoms with E-state index in [1.54, 1.807) is 12.4 Å². The highest BCUT2D eigenvalue weighted by Gasteiger charge is 2.15.